The molecule has 1 aliphatic heterocycles. The van der Waals surface area contributed by atoms with Crippen LogP contribution < -0.4 is 4.31 Å². The Morgan fingerprint density at radius 1 is 0.889 bits per heavy atom. The molecule has 92 valence electrons. The van der Waals surface area contributed by atoms with Crippen molar-refractivity contribution < 1.29 is 8.42 Å². The average Bonchev–Trinajstić information content (AvgIpc) is 2.34. The monoisotopic (exact) mass is 277 g/mol. The fourth-order valence-corrected chi connectivity index (χ4v) is 4.23. The van der Waals surface area contributed by atoms with Crippen LogP contribution in [0.4, 0.5) is 11.4 Å². The van der Waals surface area contributed by atoms with Crippen molar-refractivity contribution in [2.75, 3.05) is 10.6 Å². The zero-order chi connectivity index (χ0) is 12.8. The maximum Gasteiger partial charge on any atom is 0.236 e. The number of anilines is 2. The van der Waals surface area contributed by atoms with Crippen LogP contribution in [0.25, 0.3) is 0 Å². The number of hydrogen-bond acceptors (Lipinski definition) is 3. The average molecular weight is 277 g/mol. The largest absolute Gasteiger partial charge is 0.236 e. The molecule has 0 spiro atoms. The minimum absolute atomic E-state index is 0.726. The third kappa shape index (κ3) is 1.79. The molecule has 0 aromatic heterocycles. The molecule has 3 nitrogen and oxygen atoms in total. The van der Waals surface area contributed by atoms with Gasteiger partial charge in [0.2, 0.25) is 10.0 Å². The fraction of sp³-hybridized carbons (Fsp3) is 0.0769. The standard InChI is InChI=1S/C13H11NO2S2/c1-18(15,16)14-10-6-2-4-8-12(10)17-13-9-5-3-7-11(13)14/h2-9H,1H3. The van der Waals surface area contributed by atoms with Gasteiger partial charge in [-0.15, -0.1) is 0 Å². The first kappa shape index (κ1) is 11.6. The van der Waals surface area contributed by atoms with Crippen molar-refractivity contribution in [3.05, 3.63) is 48.5 Å². The number of rotatable bonds is 1. The van der Waals surface area contributed by atoms with Crippen LogP contribution >= 0.6 is 11.8 Å². The van der Waals surface area contributed by atoms with E-state index in [2.05, 4.69) is 0 Å². The third-order valence-electron chi connectivity index (χ3n) is 2.72. The van der Waals surface area contributed by atoms with Gasteiger partial charge >= 0.3 is 0 Å². The lowest BCUT2D eigenvalue weighted by Crippen LogP contribution is -2.27. The molecule has 5 heteroatoms. The second kappa shape index (κ2) is 4.03. The molecular weight excluding hydrogens is 266 g/mol. The molecule has 0 fully saturated rings. The summed E-state index contributed by atoms with van der Waals surface area (Å²) in [5, 5.41) is 0. The van der Waals surface area contributed by atoms with Crippen LogP contribution in [0.1, 0.15) is 0 Å². The molecule has 0 N–H and O–H groups in total. The van der Waals surface area contributed by atoms with Crippen molar-refractivity contribution in [3.8, 4) is 0 Å². The van der Waals surface area contributed by atoms with Crippen molar-refractivity contribution in [3.63, 3.8) is 0 Å². The van der Waals surface area contributed by atoms with E-state index in [0.29, 0.717) is 0 Å². The van der Waals surface area contributed by atoms with E-state index in [1.54, 1.807) is 11.8 Å². The smallest absolute Gasteiger partial charge is 0.236 e. The van der Waals surface area contributed by atoms with Crippen molar-refractivity contribution in [2.24, 2.45) is 0 Å². The SMILES string of the molecule is CS(=O)(=O)N1c2ccccc2Sc2ccccc21. The van der Waals surface area contributed by atoms with E-state index in [0.717, 1.165) is 21.2 Å². The number of nitrogens with zero attached hydrogens (tertiary/aromatic N) is 1. The van der Waals surface area contributed by atoms with Crippen LogP contribution in [0.15, 0.2) is 58.3 Å². The van der Waals surface area contributed by atoms with E-state index >= 15 is 0 Å². The quantitative estimate of drug-likeness (QED) is 0.803. The Kier molecular flexibility index (Phi) is 2.60. The van der Waals surface area contributed by atoms with Crippen LogP contribution in [-0.4, -0.2) is 14.7 Å². The van der Waals surface area contributed by atoms with Crippen LogP contribution in [0, 0.1) is 0 Å². The van der Waals surface area contributed by atoms with E-state index in [1.807, 2.05) is 48.5 Å². The van der Waals surface area contributed by atoms with Crippen LogP contribution in [-0.2, 0) is 10.0 Å². The highest BCUT2D eigenvalue weighted by molar-refractivity contribution is 8.00. The summed E-state index contributed by atoms with van der Waals surface area (Å²) in [7, 11) is -3.33. The van der Waals surface area contributed by atoms with E-state index in [-0.39, 0.29) is 0 Å². The topological polar surface area (TPSA) is 37.4 Å². The number of fused-ring (bicyclic) bond motifs is 2. The van der Waals surface area contributed by atoms with Gasteiger partial charge in [0.15, 0.2) is 0 Å². The molecule has 2 aromatic rings. The van der Waals surface area contributed by atoms with Crippen molar-refractivity contribution in [2.45, 2.75) is 9.79 Å². The zero-order valence-corrected chi connectivity index (χ0v) is 11.3. The lowest BCUT2D eigenvalue weighted by molar-refractivity contribution is 0.601. The second-order valence-corrected chi connectivity index (χ2v) is 6.98. The summed E-state index contributed by atoms with van der Waals surface area (Å²) in [6.45, 7) is 0. The van der Waals surface area contributed by atoms with Gasteiger partial charge in [-0.05, 0) is 24.3 Å². The normalized spacial score (nSPS) is 13.9. The highest BCUT2D eigenvalue weighted by Gasteiger charge is 2.28. The molecule has 0 atom stereocenters. The van der Waals surface area contributed by atoms with Crippen LogP contribution in [0.3, 0.4) is 0 Å². The highest BCUT2D eigenvalue weighted by atomic mass is 32.2. The van der Waals surface area contributed by atoms with Gasteiger partial charge in [-0.3, -0.25) is 0 Å². The lowest BCUT2D eigenvalue weighted by atomic mass is 10.2. The van der Waals surface area contributed by atoms with Crippen LogP contribution in [0.5, 0.6) is 0 Å². The summed E-state index contributed by atoms with van der Waals surface area (Å²) in [5.41, 5.74) is 1.45. The Bertz CT molecular complexity index is 665. The molecule has 2 aromatic carbocycles. The van der Waals surface area contributed by atoms with E-state index in [1.165, 1.54) is 10.6 Å². The predicted molar refractivity (Wildman–Crippen MR) is 74.0 cm³/mol. The highest BCUT2D eigenvalue weighted by Crippen LogP contribution is 2.48. The molecule has 0 saturated carbocycles. The first-order valence-electron chi connectivity index (χ1n) is 5.43. The van der Waals surface area contributed by atoms with E-state index < -0.39 is 10.0 Å². The van der Waals surface area contributed by atoms with Crippen molar-refractivity contribution in [1.29, 1.82) is 0 Å². The van der Waals surface area contributed by atoms with Crippen LogP contribution in [0.2, 0.25) is 0 Å². The van der Waals surface area contributed by atoms with Gasteiger partial charge in [-0.1, -0.05) is 36.0 Å². The lowest BCUT2D eigenvalue weighted by Gasteiger charge is -2.30. The summed E-state index contributed by atoms with van der Waals surface area (Å²) in [6.07, 6.45) is 1.23. The Morgan fingerprint density at radius 2 is 1.33 bits per heavy atom. The Labute approximate surface area is 110 Å². The molecule has 1 aliphatic rings. The molecule has 1 heterocycles. The summed E-state index contributed by atoms with van der Waals surface area (Å²) in [5.74, 6) is 0. The Balaban J connectivity index is 2.31. The maximum atomic E-state index is 12.0. The molecular formula is C13H11NO2S2. The number of benzene rings is 2. The first-order valence-corrected chi connectivity index (χ1v) is 8.10. The zero-order valence-electron chi connectivity index (χ0n) is 9.70. The maximum absolute atomic E-state index is 12.0. The van der Waals surface area contributed by atoms with Gasteiger partial charge in [0, 0.05) is 9.79 Å². The number of sulfonamides is 1. The third-order valence-corrected chi connectivity index (χ3v) is 4.91. The predicted octanol–water partition coefficient (Wildman–Crippen LogP) is 3.25. The molecule has 0 unspecified atom stereocenters. The molecule has 0 bridgehead atoms. The molecule has 18 heavy (non-hydrogen) atoms. The molecule has 0 amide bonds. The minimum Gasteiger partial charge on any atom is -0.236 e. The summed E-state index contributed by atoms with van der Waals surface area (Å²) >= 11 is 1.60. The summed E-state index contributed by atoms with van der Waals surface area (Å²) < 4.78 is 25.5. The second-order valence-electron chi connectivity index (χ2n) is 4.06. The van der Waals surface area contributed by atoms with Crippen molar-refractivity contribution >= 4 is 33.2 Å². The summed E-state index contributed by atoms with van der Waals surface area (Å²) in [6, 6.07) is 15.1. The molecule has 0 saturated heterocycles. The van der Waals surface area contributed by atoms with E-state index in [9.17, 15) is 8.42 Å². The van der Waals surface area contributed by atoms with Gasteiger partial charge in [0.05, 0.1) is 17.6 Å². The number of hydrogen-bond donors (Lipinski definition) is 0. The van der Waals surface area contributed by atoms with Crippen molar-refractivity contribution in [1.82, 2.24) is 0 Å². The van der Waals surface area contributed by atoms with Gasteiger partial charge in [0.1, 0.15) is 0 Å². The molecule has 3 rings (SSSR count). The molecule has 0 radical (unpaired) electrons. The number of para-hydroxylation sites is 2. The Morgan fingerprint density at radius 3 is 1.78 bits per heavy atom. The van der Waals surface area contributed by atoms with Gasteiger partial charge in [0.25, 0.3) is 0 Å². The first-order chi connectivity index (χ1) is 8.57. The minimum atomic E-state index is -3.33. The van der Waals surface area contributed by atoms with Gasteiger partial charge < -0.3 is 0 Å². The van der Waals surface area contributed by atoms with Gasteiger partial charge in [-0.2, -0.15) is 0 Å². The van der Waals surface area contributed by atoms with E-state index in [4.69, 9.17) is 0 Å². The van der Waals surface area contributed by atoms with Gasteiger partial charge in [-0.25, -0.2) is 12.7 Å². The fourth-order valence-electron chi connectivity index (χ4n) is 2.03. The Hall–Kier alpha value is -1.46. The summed E-state index contributed by atoms with van der Waals surface area (Å²) in [4.78, 5) is 1.92. The molecule has 0 aliphatic carbocycles.